The second-order valence-electron chi connectivity index (χ2n) is 6.90. The highest BCUT2D eigenvalue weighted by Gasteiger charge is 2.40. The predicted octanol–water partition coefficient (Wildman–Crippen LogP) is 2.75. The molecule has 140 valence electrons. The summed E-state index contributed by atoms with van der Waals surface area (Å²) in [6.07, 6.45) is 0.460. The summed E-state index contributed by atoms with van der Waals surface area (Å²) < 4.78 is 13.1. The first-order valence-electron chi connectivity index (χ1n) is 8.77. The Hall–Kier alpha value is -2.38. The lowest BCUT2D eigenvalue weighted by Crippen LogP contribution is -2.38. The van der Waals surface area contributed by atoms with Crippen molar-refractivity contribution in [1.82, 2.24) is 4.90 Å². The van der Waals surface area contributed by atoms with Crippen molar-refractivity contribution in [2.45, 2.75) is 28.6 Å². The summed E-state index contributed by atoms with van der Waals surface area (Å²) in [5.74, 6) is -0.714. The molecular weight excluding hydrogens is 367 g/mol. The van der Waals surface area contributed by atoms with Crippen molar-refractivity contribution in [3.63, 3.8) is 0 Å². The molecule has 2 N–H and O–H groups in total. The number of carbonyl (C=O) groups excluding carboxylic acids is 2. The van der Waals surface area contributed by atoms with Gasteiger partial charge in [0.05, 0.1) is 17.5 Å². The van der Waals surface area contributed by atoms with Crippen molar-refractivity contribution in [2.75, 3.05) is 18.4 Å². The van der Waals surface area contributed by atoms with Crippen LogP contribution in [0, 0.1) is 5.82 Å². The fourth-order valence-electron chi connectivity index (χ4n) is 3.52. The van der Waals surface area contributed by atoms with Gasteiger partial charge in [0, 0.05) is 17.9 Å². The van der Waals surface area contributed by atoms with Crippen molar-refractivity contribution in [3.8, 4) is 0 Å². The number of aliphatic hydroxyl groups is 1. The normalized spacial score (nSPS) is 24.4. The maximum atomic E-state index is 13.1. The Morgan fingerprint density at radius 3 is 2.78 bits per heavy atom. The second kappa shape index (κ2) is 6.98. The van der Waals surface area contributed by atoms with Crippen LogP contribution in [0.25, 0.3) is 0 Å². The molecular formula is C20H19FN2O3S. The number of benzene rings is 2. The fourth-order valence-corrected chi connectivity index (χ4v) is 4.62. The zero-order valence-electron chi connectivity index (χ0n) is 14.5. The third-order valence-corrected chi connectivity index (χ3v) is 6.32. The van der Waals surface area contributed by atoms with Crippen molar-refractivity contribution >= 4 is 29.3 Å². The largest absolute Gasteiger partial charge is 0.383 e. The fraction of sp³-hybridized carbons (Fsp3) is 0.300. The molecule has 1 saturated heterocycles. The molecule has 0 aromatic heterocycles. The van der Waals surface area contributed by atoms with Gasteiger partial charge < -0.3 is 15.3 Å². The average Bonchev–Trinajstić information content (AvgIpc) is 3.06. The zero-order valence-corrected chi connectivity index (χ0v) is 15.3. The lowest BCUT2D eigenvalue weighted by molar-refractivity contribution is -0.132. The van der Waals surface area contributed by atoms with Crippen LogP contribution in [-0.2, 0) is 15.2 Å². The summed E-state index contributed by atoms with van der Waals surface area (Å²) in [4.78, 5) is 27.5. The topological polar surface area (TPSA) is 69.6 Å². The van der Waals surface area contributed by atoms with E-state index in [1.165, 1.54) is 23.9 Å². The zero-order chi connectivity index (χ0) is 19.0. The van der Waals surface area contributed by atoms with Crippen LogP contribution in [0.3, 0.4) is 0 Å². The summed E-state index contributed by atoms with van der Waals surface area (Å²) in [7, 11) is 0. The minimum Gasteiger partial charge on any atom is -0.383 e. The number of β-amino-alcohol motifs (C(OH)–C–C–N with tert-alkyl or cyclic N) is 1. The number of rotatable bonds is 3. The number of hydrogen-bond donors (Lipinski definition) is 2. The van der Waals surface area contributed by atoms with E-state index < -0.39 is 10.9 Å². The number of hydrogen-bond acceptors (Lipinski definition) is 4. The van der Waals surface area contributed by atoms with E-state index in [1.54, 1.807) is 17.0 Å². The van der Waals surface area contributed by atoms with Crippen LogP contribution in [-0.4, -0.2) is 40.2 Å². The minimum absolute atomic E-state index is 0.0737. The van der Waals surface area contributed by atoms with E-state index in [2.05, 4.69) is 5.32 Å². The quantitative estimate of drug-likeness (QED) is 0.851. The van der Waals surface area contributed by atoms with E-state index in [-0.39, 0.29) is 30.6 Å². The molecule has 4 rings (SSSR count). The van der Waals surface area contributed by atoms with Crippen LogP contribution >= 0.6 is 11.8 Å². The van der Waals surface area contributed by atoms with Gasteiger partial charge in [-0.25, -0.2) is 4.39 Å². The third kappa shape index (κ3) is 3.57. The summed E-state index contributed by atoms with van der Waals surface area (Å²) in [5.41, 5.74) is 0.179. The Bertz CT molecular complexity index is 889. The van der Waals surface area contributed by atoms with Gasteiger partial charge >= 0.3 is 0 Å². The molecule has 2 amide bonds. The Kier molecular flexibility index (Phi) is 4.65. The van der Waals surface area contributed by atoms with Crippen LogP contribution in [0.1, 0.15) is 18.4 Å². The number of amides is 2. The molecule has 0 spiro atoms. The monoisotopic (exact) mass is 386 g/mol. The van der Waals surface area contributed by atoms with E-state index in [0.717, 1.165) is 10.6 Å². The molecule has 27 heavy (non-hydrogen) atoms. The molecule has 2 aliphatic heterocycles. The number of fused-ring (bicyclic) bond motifs is 1. The van der Waals surface area contributed by atoms with Gasteiger partial charge in [-0.15, -0.1) is 11.8 Å². The molecule has 2 aromatic rings. The van der Waals surface area contributed by atoms with Gasteiger partial charge in [-0.2, -0.15) is 0 Å². The first kappa shape index (κ1) is 18.0. The average molecular weight is 386 g/mol. The smallest absolute Gasteiger partial charge is 0.238 e. The molecule has 0 radical (unpaired) electrons. The summed E-state index contributed by atoms with van der Waals surface area (Å²) in [6.45, 7) is 0.551. The Labute approximate surface area is 160 Å². The number of nitrogens with one attached hydrogen (secondary N) is 1. The molecule has 2 aliphatic rings. The van der Waals surface area contributed by atoms with Gasteiger partial charge in [-0.05, 0) is 36.2 Å². The van der Waals surface area contributed by atoms with E-state index >= 15 is 0 Å². The van der Waals surface area contributed by atoms with Gasteiger partial charge in [-0.1, -0.05) is 24.3 Å². The first-order valence-corrected chi connectivity index (χ1v) is 9.65. The van der Waals surface area contributed by atoms with Gasteiger partial charge in [0.1, 0.15) is 11.4 Å². The first-order chi connectivity index (χ1) is 12.9. The Morgan fingerprint density at radius 1 is 1.26 bits per heavy atom. The number of thioether (sulfide) groups is 1. The molecule has 2 atom stereocenters. The molecule has 0 bridgehead atoms. The van der Waals surface area contributed by atoms with Crippen LogP contribution in [0.15, 0.2) is 53.4 Å². The van der Waals surface area contributed by atoms with Crippen LogP contribution in [0.2, 0.25) is 0 Å². The van der Waals surface area contributed by atoms with Gasteiger partial charge in [0.15, 0.2) is 0 Å². The predicted molar refractivity (Wildman–Crippen MR) is 101 cm³/mol. The van der Waals surface area contributed by atoms with Crippen molar-refractivity contribution in [1.29, 1.82) is 0 Å². The molecule has 0 aliphatic carbocycles. The van der Waals surface area contributed by atoms with E-state index in [0.29, 0.717) is 18.5 Å². The van der Waals surface area contributed by atoms with E-state index in [4.69, 9.17) is 0 Å². The molecule has 2 heterocycles. The molecule has 0 saturated carbocycles. The van der Waals surface area contributed by atoms with Gasteiger partial charge in [0.25, 0.3) is 0 Å². The third-order valence-electron chi connectivity index (χ3n) is 5.05. The molecule has 1 fully saturated rings. The number of halogens is 1. The number of para-hydroxylation sites is 1. The lowest BCUT2D eigenvalue weighted by atomic mass is 9.93. The maximum Gasteiger partial charge on any atom is 0.238 e. The molecule has 5 nitrogen and oxygen atoms in total. The Balaban J connectivity index is 1.42. The number of anilines is 1. The highest BCUT2D eigenvalue weighted by Crippen LogP contribution is 2.38. The summed E-state index contributed by atoms with van der Waals surface area (Å²) in [6, 6.07) is 13.2. The molecule has 0 unspecified atom stereocenters. The SMILES string of the molecule is O=C1Nc2ccccc2S[C@@H]1CC(=O)N1CC[C@](O)(c2ccc(F)cc2)C1. The van der Waals surface area contributed by atoms with Crippen LogP contribution in [0.4, 0.5) is 10.1 Å². The van der Waals surface area contributed by atoms with Crippen molar-refractivity contribution in [3.05, 3.63) is 59.9 Å². The highest BCUT2D eigenvalue weighted by molar-refractivity contribution is 8.01. The Morgan fingerprint density at radius 2 is 2.00 bits per heavy atom. The number of nitrogens with zero attached hydrogens (tertiary/aromatic N) is 1. The van der Waals surface area contributed by atoms with E-state index in [1.807, 2.05) is 24.3 Å². The van der Waals surface area contributed by atoms with Crippen molar-refractivity contribution < 1.29 is 19.1 Å². The second-order valence-corrected chi connectivity index (χ2v) is 8.14. The standard InChI is InChI=1S/C20H19FN2O3S/c21-14-7-5-13(6-8-14)20(26)9-10-23(12-20)18(24)11-17-19(25)22-15-3-1-2-4-16(15)27-17/h1-8,17,26H,9-12H2,(H,22,25)/t17-,20-/m1/s1. The van der Waals surface area contributed by atoms with Crippen LogP contribution in [0.5, 0.6) is 0 Å². The highest BCUT2D eigenvalue weighted by atomic mass is 32.2. The molecule has 7 heteroatoms. The number of likely N-dealkylation sites (tertiary alicyclic amines) is 1. The van der Waals surface area contributed by atoms with Crippen LogP contribution < -0.4 is 5.32 Å². The number of carbonyl (C=O) groups is 2. The maximum absolute atomic E-state index is 13.1. The molecule has 2 aromatic carbocycles. The van der Waals surface area contributed by atoms with Gasteiger partial charge in [0.2, 0.25) is 11.8 Å². The lowest BCUT2D eigenvalue weighted by Gasteiger charge is -2.27. The minimum atomic E-state index is -1.18. The van der Waals surface area contributed by atoms with Crippen molar-refractivity contribution in [2.24, 2.45) is 0 Å². The summed E-state index contributed by atoms with van der Waals surface area (Å²) >= 11 is 1.39. The summed E-state index contributed by atoms with van der Waals surface area (Å²) in [5, 5.41) is 13.2. The van der Waals surface area contributed by atoms with E-state index in [9.17, 15) is 19.1 Å². The van der Waals surface area contributed by atoms with Gasteiger partial charge in [-0.3, -0.25) is 9.59 Å².